The number of azide groups is 2. The Morgan fingerprint density at radius 1 is 0.885 bits per heavy atom. The second kappa shape index (κ2) is 7.40. The molecule has 0 fully saturated rings. The molecule has 0 radical (unpaired) electrons. The maximum Gasteiger partial charge on any atom is 0.179 e. The van der Waals surface area contributed by atoms with E-state index < -0.39 is 11.3 Å². The zero-order valence-corrected chi connectivity index (χ0v) is 13.7. The van der Waals surface area contributed by atoms with Crippen molar-refractivity contribution in [2.45, 2.75) is 5.54 Å². The Morgan fingerprint density at radius 3 is 2.27 bits per heavy atom. The number of nitrogens with zero attached hydrogens (tertiary/aromatic N) is 6. The summed E-state index contributed by atoms with van der Waals surface area (Å²) in [5.74, 6) is -0.418. The molecule has 0 aliphatic rings. The molecule has 0 bridgehead atoms. The van der Waals surface area contributed by atoms with Crippen molar-refractivity contribution in [3.8, 4) is 0 Å². The van der Waals surface area contributed by atoms with Crippen LogP contribution in [0.15, 0.2) is 83.0 Å². The Kier molecular flexibility index (Phi) is 4.85. The monoisotopic (exact) mass is 342 g/mol. The predicted molar refractivity (Wildman–Crippen MR) is 99.6 cm³/mol. The van der Waals surface area contributed by atoms with Crippen molar-refractivity contribution < 1.29 is 4.79 Å². The Labute approximate surface area is 149 Å². The molecule has 3 aromatic carbocycles. The summed E-state index contributed by atoms with van der Waals surface area (Å²) >= 11 is 0. The molecule has 26 heavy (non-hydrogen) atoms. The number of fused-ring (bicyclic) bond motifs is 1. The summed E-state index contributed by atoms with van der Waals surface area (Å²) in [5.41, 5.74) is 17.1. The number of hydrogen-bond acceptors (Lipinski definition) is 3. The lowest BCUT2D eigenvalue weighted by atomic mass is 9.82. The van der Waals surface area contributed by atoms with E-state index >= 15 is 0 Å². The highest BCUT2D eigenvalue weighted by atomic mass is 16.1. The van der Waals surface area contributed by atoms with Gasteiger partial charge in [-0.05, 0) is 27.4 Å². The van der Waals surface area contributed by atoms with Crippen LogP contribution >= 0.6 is 0 Å². The Morgan fingerprint density at radius 2 is 1.58 bits per heavy atom. The first-order valence-electron chi connectivity index (χ1n) is 7.87. The van der Waals surface area contributed by atoms with Crippen LogP contribution in [0.4, 0.5) is 0 Å². The molecule has 0 saturated carbocycles. The normalized spacial score (nSPS) is 12.5. The SMILES string of the molecule is [N-]=[N+]=NC[C@@](N=[N+]=[N-])(C(=O)c1ccccc1)c1ccc2ccccc2c1. The van der Waals surface area contributed by atoms with Gasteiger partial charge in [0.1, 0.15) is 5.54 Å². The van der Waals surface area contributed by atoms with Crippen LogP contribution in [-0.4, -0.2) is 12.3 Å². The van der Waals surface area contributed by atoms with E-state index in [2.05, 4.69) is 20.1 Å². The lowest BCUT2D eigenvalue weighted by Gasteiger charge is -2.26. The van der Waals surface area contributed by atoms with Gasteiger partial charge in [0.15, 0.2) is 5.78 Å². The average molecular weight is 342 g/mol. The van der Waals surface area contributed by atoms with Crippen LogP contribution in [0.25, 0.3) is 31.7 Å². The molecule has 0 heterocycles. The van der Waals surface area contributed by atoms with E-state index in [9.17, 15) is 4.79 Å². The molecule has 0 N–H and O–H groups in total. The number of hydrogen-bond donors (Lipinski definition) is 0. The van der Waals surface area contributed by atoms with Crippen molar-refractivity contribution in [2.24, 2.45) is 10.2 Å². The van der Waals surface area contributed by atoms with Gasteiger partial charge in [0.25, 0.3) is 0 Å². The Hall–Kier alpha value is -3.79. The van der Waals surface area contributed by atoms with Gasteiger partial charge in [0.05, 0.1) is 0 Å². The van der Waals surface area contributed by atoms with E-state index in [1.54, 1.807) is 42.5 Å². The maximum atomic E-state index is 13.3. The minimum absolute atomic E-state index is 0.306. The van der Waals surface area contributed by atoms with Crippen molar-refractivity contribution in [1.82, 2.24) is 0 Å². The molecular weight excluding hydrogens is 328 g/mol. The minimum Gasteiger partial charge on any atom is -0.293 e. The van der Waals surface area contributed by atoms with Crippen molar-refractivity contribution in [3.05, 3.63) is 105 Å². The van der Waals surface area contributed by atoms with E-state index in [4.69, 9.17) is 11.1 Å². The molecule has 0 spiro atoms. The molecule has 1 atom stereocenters. The van der Waals surface area contributed by atoms with Gasteiger partial charge in [0.2, 0.25) is 0 Å². The molecule has 0 unspecified atom stereocenters. The highest BCUT2D eigenvalue weighted by Crippen LogP contribution is 2.33. The van der Waals surface area contributed by atoms with E-state index in [1.165, 1.54) is 0 Å². The van der Waals surface area contributed by atoms with Gasteiger partial charge in [-0.15, -0.1) is 0 Å². The smallest absolute Gasteiger partial charge is 0.179 e. The number of rotatable bonds is 6. The third-order valence-electron chi connectivity index (χ3n) is 4.22. The van der Waals surface area contributed by atoms with Crippen molar-refractivity contribution in [2.75, 3.05) is 6.54 Å². The van der Waals surface area contributed by atoms with Gasteiger partial charge in [-0.1, -0.05) is 83.0 Å². The molecule has 0 amide bonds. The molecule has 0 aliphatic heterocycles. The second-order valence-corrected chi connectivity index (χ2v) is 5.70. The largest absolute Gasteiger partial charge is 0.293 e. The summed E-state index contributed by atoms with van der Waals surface area (Å²) in [4.78, 5) is 18.9. The van der Waals surface area contributed by atoms with Crippen LogP contribution in [0.2, 0.25) is 0 Å². The summed E-state index contributed by atoms with van der Waals surface area (Å²) in [6.45, 7) is -0.306. The number of carbonyl (C=O) groups is 1. The van der Waals surface area contributed by atoms with Crippen molar-refractivity contribution in [1.29, 1.82) is 0 Å². The molecule has 0 aliphatic carbocycles. The Balaban J connectivity index is 2.25. The van der Waals surface area contributed by atoms with Crippen LogP contribution < -0.4 is 0 Å². The summed E-state index contributed by atoms with van der Waals surface area (Å²) in [6, 6.07) is 21.5. The molecule has 126 valence electrons. The lowest BCUT2D eigenvalue weighted by molar-refractivity contribution is 0.0893. The van der Waals surface area contributed by atoms with E-state index in [0.717, 1.165) is 10.8 Å². The van der Waals surface area contributed by atoms with Crippen LogP contribution in [0.1, 0.15) is 15.9 Å². The molecule has 0 aromatic heterocycles. The molecule has 7 nitrogen and oxygen atoms in total. The van der Waals surface area contributed by atoms with Gasteiger partial charge in [0, 0.05) is 21.9 Å². The van der Waals surface area contributed by atoms with E-state index in [1.807, 2.05) is 30.3 Å². The van der Waals surface area contributed by atoms with Crippen LogP contribution in [0, 0.1) is 0 Å². The highest BCUT2D eigenvalue weighted by Gasteiger charge is 2.39. The molecular formula is C19H14N6O. The van der Waals surface area contributed by atoms with Gasteiger partial charge < -0.3 is 0 Å². The van der Waals surface area contributed by atoms with Gasteiger partial charge in [-0.25, -0.2) is 0 Å². The fraction of sp³-hybridized carbons (Fsp3) is 0.105. The first-order valence-corrected chi connectivity index (χ1v) is 7.87. The second-order valence-electron chi connectivity index (χ2n) is 5.70. The van der Waals surface area contributed by atoms with E-state index in [0.29, 0.717) is 11.1 Å². The quantitative estimate of drug-likeness (QED) is 0.249. The summed E-state index contributed by atoms with van der Waals surface area (Å²) in [6.07, 6.45) is 0. The average Bonchev–Trinajstić information content (AvgIpc) is 2.71. The number of benzene rings is 3. The van der Waals surface area contributed by atoms with E-state index in [-0.39, 0.29) is 6.54 Å². The van der Waals surface area contributed by atoms with Gasteiger partial charge >= 0.3 is 0 Å². The van der Waals surface area contributed by atoms with Crippen molar-refractivity contribution in [3.63, 3.8) is 0 Å². The zero-order chi connectivity index (χ0) is 18.4. The van der Waals surface area contributed by atoms with Gasteiger partial charge in [-0.3, -0.25) is 4.79 Å². The maximum absolute atomic E-state index is 13.3. The topological polar surface area (TPSA) is 115 Å². The third kappa shape index (κ3) is 3.08. The van der Waals surface area contributed by atoms with Crippen LogP contribution in [0.5, 0.6) is 0 Å². The zero-order valence-electron chi connectivity index (χ0n) is 13.7. The minimum atomic E-state index is -1.65. The highest BCUT2D eigenvalue weighted by molar-refractivity contribution is 6.04. The molecule has 0 saturated heterocycles. The number of ketones is 1. The lowest BCUT2D eigenvalue weighted by Crippen LogP contribution is -2.36. The number of Topliss-reactive ketones (excluding diaryl/α,β-unsaturated/α-hetero) is 1. The fourth-order valence-corrected chi connectivity index (χ4v) is 2.91. The summed E-state index contributed by atoms with van der Waals surface area (Å²) < 4.78 is 0. The van der Waals surface area contributed by atoms with Crippen LogP contribution in [0.3, 0.4) is 0 Å². The standard InChI is InChI=1S/C19H14N6O/c20-24-22-13-19(23-25-21,18(26)15-7-2-1-3-8-15)17-11-10-14-6-4-5-9-16(14)12-17/h1-12H,13H2/t19-/m0/s1. The van der Waals surface area contributed by atoms with Crippen LogP contribution in [-0.2, 0) is 5.54 Å². The number of carbonyl (C=O) groups excluding carboxylic acids is 1. The molecule has 3 aromatic rings. The first kappa shape index (κ1) is 17.0. The van der Waals surface area contributed by atoms with Gasteiger partial charge in [-0.2, -0.15) is 0 Å². The summed E-state index contributed by atoms with van der Waals surface area (Å²) in [5, 5.41) is 9.25. The first-order chi connectivity index (χ1) is 12.7. The molecule has 3 rings (SSSR count). The predicted octanol–water partition coefficient (Wildman–Crippen LogP) is 5.54. The van der Waals surface area contributed by atoms with Crippen molar-refractivity contribution >= 4 is 16.6 Å². The third-order valence-corrected chi connectivity index (χ3v) is 4.22. The fourth-order valence-electron chi connectivity index (χ4n) is 2.91. The summed E-state index contributed by atoms with van der Waals surface area (Å²) in [7, 11) is 0. The Bertz CT molecular complexity index is 1050. The molecule has 7 heteroatoms.